The molecule has 6 nitrogen and oxygen atoms in total. The molecule has 2 aromatic carbocycles. The second-order valence-corrected chi connectivity index (χ2v) is 9.45. The highest BCUT2D eigenvalue weighted by atomic mass is 16.6. The molecule has 0 aliphatic rings. The van der Waals surface area contributed by atoms with E-state index in [1.165, 1.54) is 0 Å². The van der Waals surface area contributed by atoms with E-state index in [2.05, 4.69) is 38.3 Å². The monoisotopic (exact) mass is 440 g/mol. The molecular formula is C26H36N2O4. The maximum absolute atomic E-state index is 12.7. The van der Waals surface area contributed by atoms with Gasteiger partial charge in [-0.2, -0.15) is 0 Å². The van der Waals surface area contributed by atoms with Gasteiger partial charge in [0.2, 0.25) is 0 Å². The Hall–Kier alpha value is -3.02. The molecule has 6 heteroatoms. The summed E-state index contributed by atoms with van der Waals surface area (Å²) in [5.74, 6) is 0.491. The van der Waals surface area contributed by atoms with E-state index >= 15 is 0 Å². The number of nitrogens with one attached hydrogen (secondary N) is 2. The van der Waals surface area contributed by atoms with E-state index in [0.29, 0.717) is 0 Å². The predicted octanol–water partition coefficient (Wildman–Crippen LogP) is 6.75. The Morgan fingerprint density at radius 2 is 1.41 bits per heavy atom. The average Bonchev–Trinajstić information content (AvgIpc) is 2.70. The molecule has 0 saturated heterocycles. The van der Waals surface area contributed by atoms with Gasteiger partial charge in [0.1, 0.15) is 12.2 Å². The van der Waals surface area contributed by atoms with Crippen LogP contribution in [0, 0.1) is 0 Å². The van der Waals surface area contributed by atoms with Crippen molar-refractivity contribution in [3.05, 3.63) is 65.2 Å². The van der Waals surface area contributed by atoms with E-state index in [4.69, 9.17) is 9.47 Å². The first kappa shape index (κ1) is 25.2. The molecule has 174 valence electrons. The summed E-state index contributed by atoms with van der Waals surface area (Å²) < 4.78 is 10.9. The summed E-state index contributed by atoms with van der Waals surface area (Å²) in [6.07, 6.45) is -1.13. The quantitative estimate of drug-likeness (QED) is 0.499. The van der Waals surface area contributed by atoms with Gasteiger partial charge < -0.3 is 14.8 Å². The molecule has 2 aromatic rings. The van der Waals surface area contributed by atoms with Gasteiger partial charge in [-0.25, -0.2) is 9.59 Å². The van der Waals surface area contributed by atoms with Gasteiger partial charge in [-0.3, -0.25) is 5.32 Å². The van der Waals surface area contributed by atoms with Crippen LogP contribution in [-0.2, 0) is 9.47 Å². The van der Waals surface area contributed by atoms with Crippen molar-refractivity contribution in [2.45, 2.75) is 71.9 Å². The minimum absolute atomic E-state index is 0.0318. The number of alkyl carbamates (subject to hydrolysis) is 1. The molecule has 0 aliphatic carbocycles. The van der Waals surface area contributed by atoms with Gasteiger partial charge in [-0.05, 0) is 49.3 Å². The molecule has 0 fully saturated rings. The third kappa shape index (κ3) is 7.59. The highest BCUT2D eigenvalue weighted by molar-refractivity contribution is 5.87. The molecule has 0 unspecified atom stereocenters. The summed E-state index contributed by atoms with van der Waals surface area (Å²) in [7, 11) is 0. The largest absolute Gasteiger partial charge is 0.447 e. The van der Waals surface area contributed by atoms with Crippen molar-refractivity contribution >= 4 is 17.9 Å². The van der Waals surface area contributed by atoms with Crippen LogP contribution in [0.2, 0.25) is 0 Å². The lowest BCUT2D eigenvalue weighted by molar-refractivity contribution is 0.0474. The summed E-state index contributed by atoms with van der Waals surface area (Å²) in [4.78, 5) is 25.1. The lowest BCUT2D eigenvalue weighted by Gasteiger charge is -2.24. The molecule has 1 atom stereocenters. The predicted molar refractivity (Wildman–Crippen MR) is 128 cm³/mol. The number of carbonyl (C=O) groups is 2. The number of para-hydroxylation sites is 1. The maximum atomic E-state index is 12.7. The van der Waals surface area contributed by atoms with Crippen molar-refractivity contribution in [1.82, 2.24) is 5.32 Å². The van der Waals surface area contributed by atoms with Crippen LogP contribution >= 0.6 is 0 Å². The second kappa shape index (κ2) is 11.0. The zero-order chi connectivity index (χ0) is 23.9. The first-order valence-electron chi connectivity index (χ1n) is 11.1. The fraction of sp³-hybridized carbons (Fsp3) is 0.462. The van der Waals surface area contributed by atoms with Crippen molar-refractivity contribution < 1.29 is 19.1 Å². The molecule has 0 bridgehead atoms. The smallest absolute Gasteiger partial charge is 0.411 e. The third-order valence-electron chi connectivity index (χ3n) is 4.87. The number of hydrogen-bond acceptors (Lipinski definition) is 4. The summed E-state index contributed by atoms with van der Waals surface area (Å²) in [6, 6.07) is 14.9. The van der Waals surface area contributed by atoms with Crippen LogP contribution in [0.1, 0.15) is 83.0 Å². The number of ether oxygens (including phenoxy) is 2. The number of hydrogen-bond donors (Lipinski definition) is 2. The molecule has 2 rings (SSSR count). The van der Waals surface area contributed by atoms with E-state index in [0.717, 1.165) is 22.4 Å². The fourth-order valence-corrected chi connectivity index (χ4v) is 3.35. The van der Waals surface area contributed by atoms with E-state index in [-0.39, 0.29) is 18.4 Å². The molecule has 0 spiro atoms. The number of amides is 2. The molecule has 2 N–H and O–H groups in total. The van der Waals surface area contributed by atoms with E-state index in [1.54, 1.807) is 20.8 Å². The van der Waals surface area contributed by atoms with Crippen molar-refractivity contribution in [2.75, 3.05) is 11.9 Å². The van der Waals surface area contributed by atoms with Crippen LogP contribution in [0.25, 0.3) is 0 Å². The van der Waals surface area contributed by atoms with Crippen LogP contribution in [0.15, 0.2) is 48.5 Å². The Kier molecular flexibility index (Phi) is 8.70. The normalized spacial score (nSPS) is 12.4. The standard InChI is InChI=1S/C26H36N2O4/c1-17(2)20-14-11-15-21(18(3)4)23(20)28-24(29)31-16-22(19-12-9-8-10-13-19)27-25(30)32-26(5,6)7/h8-15,17-18,22H,16H2,1-7H3,(H,27,30)(H,28,29)/t22-/m0/s1. The highest BCUT2D eigenvalue weighted by Crippen LogP contribution is 2.32. The molecule has 0 saturated carbocycles. The zero-order valence-corrected chi connectivity index (χ0v) is 20.2. The van der Waals surface area contributed by atoms with Crippen molar-refractivity contribution in [2.24, 2.45) is 0 Å². The SMILES string of the molecule is CC(C)c1cccc(C(C)C)c1NC(=O)OC[C@H](NC(=O)OC(C)(C)C)c1ccccc1. The van der Waals surface area contributed by atoms with Crippen molar-refractivity contribution in [1.29, 1.82) is 0 Å². The molecule has 0 radical (unpaired) electrons. The minimum atomic E-state index is -0.628. The Morgan fingerprint density at radius 3 is 1.91 bits per heavy atom. The lowest BCUT2D eigenvalue weighted by Crippen LogP contribution is -2.37. The van der Waals surface area contributed by atoms with Crippen molar-refractivity contribution in [3.63, 3.8) is 0 Å². The number of anilines is 1. The van der Waals surface area contributed by atoms with Gasteiger partial charge in [0.15, 0.2) is 0 Å². The van der Waals surface area contributed by atoms with Crippen LogP contribution in [-0.4, -0.2) is 24.4 Å². The van der Waals surface area contributed by atoms with Gasteiger partial charge in [0.25, 0.3) is 0 Å². The number of carbonyl (C=O) groups excluding carboxylic acids is 2. The number of benzene rings is 2. The summed E-state index contributed by atoms with van der Waals surface area (Å²) >= 11 is 0. The van der Waals surface area contributed by atoms with Crippen LogP contribution in [0.3, 0.4) is 0 Å². The Bertz CT molecular complexity index is 876. The lowest BCUT2D eigenvalue weighted by atomic mass is 9.93. The van der Waals surface area contributed by atoms with E-state index in [9.17, 15) is 9.59 Å². The van der Waals surface area contributed by atoms with Gasteiger partial charge in [0, 0.05) is 0 Å². The zero-order valence-electron chi connectivity index (χ0n) is 20.2. The molecule has 0 heterocycles. The van der Waals surface area contributed by atoms with Gasteiger partial charge in [-0.15, -0.1) is 0 Å². The molecule has 2 amide bonds. The summed E-state index contributed by atoms with van der Waals surface area (Å²) in [5.41, 5.74) is 3.09. The molecular weight excluding hydrogens is 404 g/mol. The van der Waals surface area contributed by atoms with Crippen molar-refractivity contribution in [3.8, 4) is 0 Å². The highest BCUT2D eigenvalue weighted by Gasteiger charge is 2.23. The Balaban J connectivity index is 2.15. The van der Waals surface area contributed by atoms with Crippen LogP contribution in [0.4, 0.5) is 15.3 Å². The maximum Gasteiger partial charge on any atom is 0.411 e. The Labute approximate surface area is 191 Å². The fourth-order valence-electron chi connectivity index (χ4n) is 3.35. The van der Waals surface area contributed by atoms with Crippen LogP contribution in [0.5, 0.6) is 0 Å². The van der Waals surface area contributed by atoms with Gasteiger partial charge in [-0.1, -0.05) is 76.2 Å². The minimum Gasteiger partial charge on any atom is -0.447 e. The molecule has 0 aliphatic heterocycles. The topological polar surface area (TPSA) is 76.7 Å². The summed E-state index contributed by atoms with van der Waals surface area (Å²) in [5, 5.41) is 5.74. The first-order chi connectivity index (χ1) is 15.0. The van der Waals surface area contributed by atoms with Gasteiger partial charge >= 0.3 is 12.2 Å². The average molecular weight is 441 g/mol. The van der Waals surface area contributed by atoms with E-state index in [1.807, 2.05) is 48.5 Å². The van der Waals surface area contributed by atoms with Gasteiger partial charge in [0.05, 0.1) is 11.7 Å². The third-order valence-corrected chi connectivity index (χ3v) is 4.87. The Morgan fingerprint density at radius 1 is 0.844 bits per heavy atom. The van der Waals surface area contributed by atoms with Crippen LogP contribution < -0.4 is 10.6 Å². The summed E-state index contributed by atoms with van der Waals surface area (Å²) in [6.45, 7) is 13.7. The second-order valence-electron chi connectivity index (χ2n) is 9.45. The number of rotatable bonds is 7. The first-order valence-corrected chi connectivity index (χ1v) is 11.1. The molecule has 32 heavy (non-hydrogen) atoms. The molecule has 0 aromatic heterocycles. The van der Waals surface area contributed by atoms with E-state index < -0.39 is 23.8 Å².